The first-order chi connectivity index (χ1) is 7.34. The summed E-state index contributed by atoms with van der Waals surface area (Å²) in [6.07, 6.45) is 0. The van der Waals surface area contributed by atoms with Crippen LogP contribution in [-0.4, -0.2) is 20.4 Å². The number of hydrogen-bond donors (Lipinski definition) is 0. The standard InChI is InChI=1S/C8H7ClN2O4S/c1-10-8-5(4-16(10,14)15)7(11(12)13)3-2-6(8)9/h2-3H,4H2,1H3. The van der Waals surface area contributed by atoms with Crippen molar-refractivity contribution in [1.82, 2.24) is 0 Å². The second-order valence-corrected chi connectivity index (χ2v) is 5.78. The van der Waals surface area contributed by atoms with E-state index in [1.165, 1.54) is 19.2 Å². The Morgan fingerprint density at radius 1 is 1.50 bits per heavy atom. The van der Waals surface area contributed by atoms with Crippen molar-refractivity contribution in [1.29, 1.82) is 0 Å². The van der Waals surface area contributed by atoms with Crippen LogP contribution in [0.5, 0.6) is 0 Å². The highest BCUT2D eigenvalue weighted by Crippen LogP contribution is 2.42. The Hall–Kier alpha value is -1.34. The van der Waals surface area contributed by atoms with Crippen molar-refractivity contribution >= 4 is 33.0 Å². The summed E-state index contributed by atoms with van der Waals surface area (Å²) in [4.78, 5) is 10.1. The van der Waals surface area contributed by atoms with Crippen LogP contribution in [0.15, 0.2) is 12.1 Å². The van der Waals surface area contributed by atoms with E-state index in [9.17, 15) is 18.5 Å². The molecule has 0 fully saturated rings. The average Bonchev–Trinajstić information content (AvgIpc) is 2.38. The second-order valence-electron chi connectivity index (χ2n) is 3.37. The zero-order valence-electron chi connectivity index (χ0n) is 8.18. The van der Waals surface area contributed by atoms with E-state index in [1.807, 2.05) is 0 Å². The summed E-state index contributed by atoms with van der Waals surface area (Å²) >= 11 is 5.84. The molecule has 0 atom stereocenters. The molecule has 0 saturated carbocycles. The molecule has 86 valence electrons. The molecule has 0 N–H and O–H groups in total. The van der Waals surface area contributed by atoms with Gasteiger partial charge in [0.15, 0.2) is 0 Å². The number of sulfonamides is 1. The molecule has 8 heteroatoms. The number of halogens is 1. The van der Waals surface area contributed by atoms with Gasteiger partial charge in [0.2, 0.25) is 10.0 Å². The zero-order chi connectivity index (χ0) is 12.1. The molecular formula is C8H7ClN2O4S. The van der Waals surface area contributed by atoms with E-state index in [0.717, 1.165) is 4.31 Å². The lowest BCUT2D eigenvalue weighted by Gasteiger charge is -2.12. The minimum atomic E-state index is -3.52. The monoisotopic (exact) mass is 262 g/mol. The summed E-state index contributed by atoms with van der Waals surface area (Å²) in [6.45, 7) is 0. The van der Waals surface area contributed by atoms with Crippen molar-refractivity contribution in [2.45, 2.75) is 5.75 Å². The average molecular weight is 263 g/mol. The second kappa shape index (κ2) is 3.33. The van der Waals surface area contributed by atoms with Crippen molar-refractivity contribution in [3.05, 3.63) is 32.8 Å². The third kappa shape index (κ3) is 1.43. The molecule has 0 amide bonds. The molecule has 0 aromatic heterocycles. The van der Waals surface area contributed by atoms with Gasteiger partial charge in [-0.2, -0.15) is 0 Å². The van der Waals surface area contributed by atoms with E-state index >= 15 is 0 Å². The van der Waals surface area contributed by atoms with E-state index in [-0.39, 0.29) is 27.7 Å². The SMILES string of the molecule is CN1c2c(Cl)ccc([N+](=O)[O-])c2CS1(=O)=O. The highest BCUT2D eigenvalue weighted by Gasteiger charge is 2.37. The molecule has 2 rings (SSSR count). The maximum Gasteiger partial charge on any atom is 0.275 e. The molecule has 1 heterocycles. The lowest BCUT2D eigenvalue weighted by atomic mass is 10.1. The third-order valence-corrected chi connectivity index (χ3v) is 4.44. The van der Waals surface area contributed by atoms with Crippen molar-refractivity contribution in [2.75, 3.05) is 11.4 Å². The summed E-state index contributed by atoms with van der Waals surface area (Å²) in [5.41, 5.74) is 0.142. The molecule has 1 aliphatic heterocycles. The Kier molecular flexibility index (Phi) is 2.32. The smallest absolute Gasteiger partial charge is 0.271 e. The van der Waals surface area contributed by atoms with Gasteiger partial charge in [-0.3, -0.25) is 14.4 Å². The first kappa shape index (κ1) is 11.2. The number of benzene rings is 1. The van der Waals surface area contributed by atoms with Gasteiger partial charge in [-0.15, -0.1) is 0 Å². The Labute approximate surface area is 96.6 Å². The van der Waals surface area contributed by atoms with Crippen molar-refractivity contribution < 1.29 is 13.3 Å². The van der Waals surface area contributed by atoms with Gasteiger partial charge in [-0.25, -0.2) is 8.42 Å². The summed E-state index contributed by atoms with van der Waals surface area (Å²) in [7, 11) is -2.19. The van der Waals surface area contributed by atoms with Gasteiger partial charge in [-0.1, -0.05) is 11.6 Å². The highest BCUT2D eigenvalue weighted by atomic mass is 35.5. The fourth-order valence-corrected chi connectivity index (χ4v) is 3.35. The molecule has 0 bridgehead atoms. The fourth-order valence-electron chi connectivity index (χ4n) is 1.67. The molecule has 0 saturated heterocycles. The lowest BCUT2D eigenvalue weighted by Crippen LogP contribution is -2.21. The van der Waals surface area contributed by atoms with Crippen LogP contribution in [0, 0.1) is 10.1 Å². The Morgan fingerprint density at radius 3 is 2.69 bits per heavy atom. The quantitative estimate of drug-likeness (QED) is 0.568. The molecule has 0 unspecified atom stereocenters. The van der Waals surface area contributed by atoms with Crippen LogP contribution in [0.3, 0.4) is 0 Å². The van der Waals surface area contributed by atoms with E-state index in [4.69, 9.17) is 11.6 Å². The van der Waals surface area contributed by atoms with Crippen LogP contribution in [-0.2, 0) is 15.8 Å². The van der Waals surface area contributed by atoms with E-state index in [1.54, 1.807) is 0 Å². The summed E-state index contributed by atoms with van der Waals surface area (Å²) in [6, 6.07) is 2.55. The summed E-state index contributed by atoms with van der Waals surface area (Å²) in [5.74, 6) is -0.379. The third-order valence-electron chi connectivity index (χ3n) is 2.46. The first-order valence-corrected chi connectivity index (χ1v) is 6.25. The van der Waals surface area contributed by atoms with E-state index in [2.05, 4.69) is 0 Å². The maximum absolute atomic E-state index is 11.6. The number of nitro benzene ring substituents is 1. The first-order valence-electron chi connectivity index (χ1n) is 4.27. The van der Waals surface area contributed by atoms with Crippen LogP contribution in [0.25, 0.3) is 0 Å². The van der Waals surface area contributed by atoms with Gasteiger partial charge >= 0.3 is 0 Å². The molecule has 0 spiro atoms. The number of nitro groups is 1. The van der Waals surface area contributed by atoms with E-state index < -0.39 is 14.9 Å². The van der Waals surface area contributed by atoms with Gasteiger partial charge in [0.1, 0.15) is 5.75 Å². The van der Waals surface area contributed by atoms with Crippen LogP contribution in [0.2, 0.25) is 5.02 Å². The summed E-state index contributed by atoms with van der Waals surface area (Å²) in [5, 5.41) is 10.9. The Balaban J connectivity index is 2.77. The molecule has 1 aromatic carbocycles. The minimum absolute atomic E-state index is 0.153. The predicted molar refractivity (Wildman–Crippen MR) is 59.1 cm³/mol. The molecule has 0 aliphatic carbocycles. The van der Waals surface area contributed by atoms with Crippen molar-refractivity contribution in [3.63, 3.8) is 0 Å². The molecule has 1 aromatic rings. The zero-order valence-corrected chi connectivity index (χ0v) is 9.75. The fraction of sp³-hybridized carbons (Fsp3) is 0.250. The highest BCUT2D eigenvalue weighted by molar-refractivity contribution is 7.92. The predicted octanol–water partition coefficient (Wildman–Crippen LogP) is 1.53. The van der Waals surface area contributed by atoms with Gasteiger partial charge < -0.3 is 0 Å². The van der Waals surface area contributed by atoms with Crippen LogP contribution < -0.4 is 4.31 Å². The summed E-state index contributed by atoms with van der Waals surface area (Å²) < 4.78 is 24.2. The Morgan fingerprint density at radius 2 is 2.12 bits per heavy atom. The molecular weight excluding hydrogens is 256 g/mol. The lowest BCUT2D eigenvalue weighted by molar-refractivity contribution is -0.385. The number of nitrogens with zero attached hydrogens (tertiary/aromatic N) is 2. The maximum atomic E-state index is 11.6. The van der Waals surface area contributed by atoms with Gasteiger partial charge in [-0.05, 0) is 6.07 Å². The van der Waals surface area contributed by atoms with Gasteiger partial charge in [0, 0.05) is 13.1 Å². The van der Waals surface area contributed by atoms with Gasteiger partial charge in [0.05, 0.1) is 21.2 Å². The molecule has 0 radical (unpaired) electrons. The van der Waals surface area contributed by atoms with Gasteiger partial charge in [0.25, 0.3) is 5.69 Å². The number of rotatable bonds is 1. The molecule has 1 aliphatic rings. The number of anilines is 1. The minimum Gasteiger partial charge on any atom is -0.271 e. The van der Waals surface area contributed by atoms with Crippen LogP contribution in [0.4, 0.5) is 11.4 Å². The van der Waals surface area contributed by atoms with Crippen LogP contribution in [0.1, 0.15) is 5.56 Å². The number of fused-ring (bicyclic) bond motifs is 1. The topological polar surface area (TPSA) is 80.5 Å². The molecule has 6 nitrogen and oxygen atoms in total. The van der Waals surface area contributed by atoms with Crippen molar-refractivity contribution in [3.8, 4) is 0 Å². The van der Waals surface area contributed by atoms with Crippen molar-refractivity contribution in [2.24, 2.45) is 0 Å². The Bertz CT molecular complexity index is 584. The molecule has 16 heavy (non-hydrogen) atoms. The van der Waals surface area contributed by atoms with E-state index in [0.29, 0.717) is 0 Å². The van der Waals surface area contributed by atoms with Crippen LogP contribution >= 0.6 is 11.6 Å². The normalized spacial score (nSPS) is 17.2. The largest absolute Gasteiger partial charge is 0.275 e. The number of hydrogen-bond acceptors (Lipinski definition) is 4.